The van der Waals surface area contributed by atoms with Crippen LogP contribution in [-0.4, -0.2) is 13.9 Å². The van der Waals surface area contributed by atoms with E-state index < -0.39 is 0 Å². The molecule has 0 radical (unpaired) electrons. The summed E-state index contributed by atoms with van der Waals surface area (Å²) in [6, 6.07) is 5.03. The Morgan fingerprint density at radius 1 is 0.900 bits per heavy atom. The zero-order valence-electron chi connectivity index (χ0n) is 10.4. The fourth-order valence-electron chi connectivity index (χ4n) is 3.40. The second kappa shape index (κ2) is 4.02. The molecule has 20 heavy (non-hydrogen) atoms. The van der Waals surface area contributed by atoms with Crippen molar-refractivity contribution in [1.82, 2.24) is 13.9 Å². The number of fused-ring (bicyclic) bond motifs is 5. The molecule has 1 saturated carbocycles. The zero-order valence-corrected chi connectivity index (χ0v) is 11.9. The van der Waals surface area contributed by atoms with Crippen LogP contribution < -0.4 is 11.4 Å². The van der Waals surface area contributed by atoms with Crippen LogP contribution in [0, 0.1) is 0 Å². The minimum absolute atomic E-state index is 0.149. The lowest BCUT2D eigenvalue weighted by Crippen LogP contribution is -2.28. The van der Waals surface area contributed by atoms with E-state index in [0.29, 0.717) is 15.7 Å². The van der Waals surface area contributed by atoms with Crippen LogP contribution >= 0.6 is 23.2 Å². The van der Waals surface area contributed by atoms with Gasteiger partial charge in [0.15, 0.2) is 0 Å². The quantitative estimate of drug-likeness (QED) is 0.812. The first-order valence-electron chi connectivity index (χ1n) is 6.49. The molecule has 0 saturated heterocycles. The molecule has 4 rings (SSSR count). The summed E-state index contributed by atoms with van der Waals surface area (Å²) < 4.78 is 4.33. The zero-order chi connectivity index (χ0) is 14.0. The Bertz CT molecular complexity index is 771. The van der Waals surface area contributed by atoms with Gasteiger partial charge in [-0.1, -0.05) is 23.2 Å². The molecule has 0 N–H and O–H groups in total. The summed E-state index contributed by atoms with van der Waals surface area (Å²) in [6.07, 6.45) is 2.82. The highest BCUT2D eigenvalue weighted by Crippen LogP contribution is 2.41. The first-order valence-corrected chi connectivity index (χ1v) is 7.24. The Morgan fingerprint density at radius 2 is 1.40 bits per heavy atom. The largest absolute Gasteiger partial charge is 0.352 e. The fraction of sp³-hybridized carbons (Fsp3) is 0.385. The van der Waals surface area contributed by atoms with E-state index >= 15 is 0 Å². The second-order valence-corrected chi connectivity index (χ2v) is 6.21. The molecule has 7 heteroatoms. The fourth-order valence-corrected chi connectivity index (χ4v) is 3.92. The topological polar surface area (TPSA) is 48.9 Å². The van der Waals surface area contributed by atoms with Crippen LogP contribution in [0.3, 0.4) is 0 Å². The number of hydrogen-bond donors (Lipinski definition) is 0. The number of rotatable bonds is 1. The average Bonchev–Trinajstić information content (AvgIpc) is 3.02. The van der Waals surface area contributed by atoms with E-state index in [9.17, 15) is 9.59 Å². The summed E-state index contributed by atoms with van der Waals surface area (Å²) in [5.74, 6) is 0. The Labute approximate surface area is 123 Å². The maximum absolute atomic E-state index is 12.5. The summed E-state index contributed by atoms with van der Waals surface area (Å²) in [6.45, 7) is 0. The normalized spacial score (nSPS) is 23.3. The maximum atomic E-state index is 12.5. The van der Waals surface area contributed by atoms with Crippen molar-refractivity contribution < 1.29 is 0 Å². The average molecular weight is 312 g/mol. The molecule has 1 aliphatic carbocycles. The molecular formula is C13H11Cl2N3O2. The van der Waals surface area contributed by atoms with Crippen LogP contribution in [0.2, 0.25) is 10.0 Å². The van der Waals surface area contributed by atoms with Gasteiger partial charge >= 0.3 is 11.4 Å². The molecule has 1 aromatic heterocycles. The minimum Gasteiger partial charge on any atom is -0.245 e. The summed E-state index contributed by atoms with van der Waals surface area (Å²) in [5.41, 5.74) is -0.188. The highest BCUT2D eigenvalue weighted by molar-refractivity contribution is 6.34. The lowest BCUT2D eigenvalue weighted by molar-refractivity contribution is 0.374. The SMILES string of the molecule is O=c1n(-c2cc(Cl)cc(Cl)c2)c(=O)n2n1[C@@H]1CC[C@H]2C1. The van der Waals surface area contributed by atoms with Crippen molar-refractivity contribution in [2.24, 2.45) is 0 Å². The molecule has 2 aromatic rings. The molecule has 2 bridgehead atoms. The number of hydrogen-bond acceptors (Lipinski definition) is 2. The van der Waals surface area contributed by atoms with Crippen LogP contribution in [0.15, 0.2) is 27.8 Å². The van der Waals surface area contributed by atoms with Crippen molar-refractivity contribution in [3.05, 3.63) is 49.2 Å². The molecule has 0 unspecified atom stereocenters. The summed E-state index contributed by atoms with van der Waals surface area (Å²) in [5, 5.41) is 0.802. The van der Waals surface area contributed by atoms with Crippen LogP contribution in [-0.2, 0) is 0 Å². The van der Waals surface area contributed by atoms with Gasteiger partial charge in [0.05, 0.1) is 17.8 Å². The molecule has 2 heterocycles. The lowest BCUT2D eigenvalue weighted by Gasteiger charge is -2.13. The van der Waals surface area contributed by atoms with E-state index in [1.165, 1.54) is 0 Å². The summed E-state index contributed by atoms with van der Waals surface area (Å²) >= 11 is 11.9. The molecule has 1 aliphatic heterocycles. The van der Waals surface area contributed by atoms with Crippen molar-refractivity contribution in [2.75, 3.05) is 0 Å². The van der Waals surface area contributed by atoms with Gasteiger partial charge in [-0.2, -0.15) is 0 Å². The standard InChI is InChI=1S/C13H11Cl2N3O2/c14-7-3-8(15)5-11(4-7)16-12(19)17-9-1-2-10(6-9)18(17)13(16)20/h3-5,9-10H,1-2,6H2/t9-,10+. The first-order chi connectivity index (χ1) is 9.56. The Hall–Kier alpha value is -1.46. The van der Waals surface area contributed by atoms with Gasteiger partial charge in [-0.3, -0.25) is 0 Å². The molecule has 2 atom stereocenters. The molecular weight excluding hydrogens is 301 g/mol. The van der Waals surface area contributed by atoms with Crippen LogP contribution in [0.1, 0.15) is 31.3 Å². The van der Waals surface area contributed by atoms with Gasteiger partial charge in [0, 0.05) is 10.0 Å². The van der Waals surface area contributed by atoms with Crippen LogP contribution in [0.25, 0.3) is 5.69 Å². The van der Waals surface area contributed by atoms with Crippen molar-refractivity contribution in [3.8, 4) is 5.69 Å². The van der Waals surface area contributed by atoms with E-state index in [4.69, 9.17) is 23.2 Å². The van der Waals surface area contributed by atoms with Gasteiger partial charge in [-0.15, -0.1) is 0 Å². The van der Waals surface area contributed by atoms with Gasteiger partial charge in [0.2, 0.25) is 0 Å². The minimum atomic E-state index is -0.305. The third kappa shape index (κ3) is 1.50. The monoisotopic (exact) mass is 311 g/mol. The first kappa shape index (κ1) is 12.3. The van der Waals surface area contributed by atoms with E-state index in [-0.39, 0.29) is 23.5 Å². The molecule has 2 aliphatic rings. The van der Waals surface area contributed by atoms with Crippen LogP contribution in [0.4, 0.5) is 0 Å². The second-order valence-electron chi connectivity index (χ2n) is 5.34. The van der Waals surface area contributed by atoms with E-state index in [1.807, 2.05) is 0 Å². The number of halogens is 2. The van der Waals surface area contributed by atoms with Crippen molar-refractivity contribution >= 4 is 23.2 Å². The van der Waals surface area contributed by atoms with E-state index in [0.717, 1.165) is 23.8 Å². The number of benzene rings is 1. The summed E-state index contributed by atoms with van der Waals surface area (Å²) in [4.78, 5) is 25.0. The van der Waals surface area contributed by atoms with Crippen molar-refractivity contribution in [3.63, 3.8) is 0 Å². The van der Waals surface area contributed by atoms with E-state index in [1.54, 1.807) is 27.6 Å². The van der Waals surface area contributed by atoms with Gasteiger partial charge in [0.25, 0.3) is 0 Å². The number of aromatic nitrogens is 3. The predicted octanol–water partition coefficient (Wildman–Crippen LogP) is 2.39. The lowest BCUT2D eigenvalue weighted by atomic mass is 10.3. The molecule has 0 spiro atoms. The van der Waals surface area contributed by atoms with Crippen molar-refractivity contribution in [1.29, 1.82) is 0 Å². The van der Waals surface area contributed by atoms with Crippen molar-refractivity contribution in [2.45, 2.75) is 31.3 Å². The Kier molecular flexibility index (Phi) is 2.47. The highest BCUT2D eigenvalue weighted by atomic mass is 35.5. The Morgan fingerprint density at radius 3 is 1.90 bits per heavy atom. The highest BCUT2D eigenvalue weighted by Gasteiger charge is 2.40. The summed E-state index contributed by atoms with van der Waals surface area (Å²) in [7, 11) is 0. The third-order valence-electron chi connectivity index (χ3n) is 4.18. The van der Waals surface area contributed by atoms with E-state index in [2.05, 4.69) is 0 Å². The van der Waals surface area contributed by atoms with Crippen LogP contribution in [0.5, 0.6) is 0 Å². The molecule has 5 nitrogen and oxygen atoms in total. The molecule has 0 amide bonds. The van der Waals surface area contributed by atoms with Gasteiger partial charge in [0.1, 0.15) is 0 Å². The molecule has 104 valence electrons. The third-order valence-corrected chi connectivity index (χ3v) is 4.62. The maximum Gasteiger partial charge on any atom is 0.352 e. The smallest absolute Gasteiger partial charge is 0.245 e. The van der Waals surface area contributed by atoms with Gasteiger partial charge in [-0.05, 0) is 37.5 Å². The van der Waals surface area contributed by atoms with Gasteiger partial charge < -0.3 is 0 Å². The molecule has 1 aromatic carbocycles. The number of nitrogens with zero attached hydrogens (tertiary/aromatic N) is 3. The van der Waals surface area contributed by atoms with Gasteiger partial charge in [-0.25, -0.2) is 23.5 Å². The molecule has 1 fully saturated rings. The predicted molar refractivity (Wildman–Crippen MR) is 76.2 cm³/mol. The Balaban J connectivity index is 2.01.